The van der Waals surface area contributed by atoms with Crippen LogP contribution in [0, 0.1) is 6.92 Å². The van der Waals surface area contributed by atoms with Crippen molar-refractivity contribution < 1.29 is 22.2 Å². The zero-order chi connectivity index (χ0) is 19.9. The fraction of sp³-hybridized carbons (Fsp3) is 0.0952. The number of carbonyl (C=O) groups is 1. The van der Waals surface area contributed by atoms with E-state index >= 15 is 0 Å². The average molecular weight is 395 g/mol. The van der Waals surface area contributed by atoms with Gasteiger partial charge in [-0.05, 0) is 54.8 Å². The molecule has 1 N–H and O–H groups in total. The van der Waals surface area contributed by atoms with Crippen molar-refractivity contribution >= 4 is 26.9 Å². The Hall–Kier alpha value is -3.16. The molecule has 2 aromatic heterocycles. The van der Waals surface area contributed by atoms with Gasteiger partial charge in [0.25, 0.3) is 16.0 Å². The zero-order valence-corrected chi connectivity index (χ0v) is 15.8. The molecule has 4 aromatic rings. The summed E-state index contributed by atoms with van der Waals surface area (Å²) in [6, 6.07) is 17.1. The molecule has 0 fully saturated rings. The highest BCUT2D eigenvalue weighted by molar-refractivity contribution is 7.85. The van der Waals surface area contributed by atoms with Gasteiger partial charge in [-0.1, -0.05) is 30.3 Å². The van der Waals surface area contributed by atoms with Crippen LogP contribution in [0.1, 0.15) is 27.4 Å². The molecule has 2 aromatic carbocycles. The fourth-order valence-corrected chi connectivity index (χ4v) is 3.92. The predicted octanol–water partition coefficient (Wildman–Crippen LogP) is 4.07. The Morgan fingerprint density at radius 1 is 1.07 bits per heavy atom. The molecule has 0 spiro atoms. The highest BCUT2D eigenvalue weighted by atomic mass is 32.2. The number of hydrogen-bond donors (Lipinski definition) is 1. The van der Waals surface area contributed by atoms with Gasteiger partial charge in [-0.2, -0.15) is 8.42 Å². The second-order valence-electron chi connectivity index (χ2n) is 6.50. The smallest absolute Gasteiger partial charge is 0.298 e. The SMILES string of the molecule is Cc1c(Cc2ccccc2)c2cc(S(=O)(=O)O)ccc2n1C(=O)c1ccco1. The molecule has 0 bridgehead atoms. The molecule has 28 heavy (non-hydrogen) atoms. The van der Waals surface area contributed by atoms with E-state index in [1.807, 2.05) is 37.3 Å². The lowest BCUT2D eigenvalue weighted by atomic mass is 10.0. The van der Waals surface area contributed by atoms with E-state index in [1.54, 1.807) is 12.1 Å². The van der Waals surface area contributed by atoms with Gasteiger partial charge in [0.1, 0.15) is 0 Å². The average Bonchev–Trinajstić information content (AvgIpc) is 3.29. The maximum atomic E-state index is 13.0. The molecule has 4 rings (SSSR count). The molecular formula is C21H17NO5S. The van der Waals surface area contributed by atoms with Gasteiger partial charge in [0.05, 0.1) is 16.7 Å². The van der Waals surface area contributed by atoms with Crippen LogP contribution >= 0.6 is 0 Å². The van der Waals surface area contributed by atoms with E-state index in [9.17, 15) is 17.8 Å². The first kappa shape index (κ1) is 18.2. The molecule has 0 aliphatic rings. The lowest BCUT2D eigenvalue weighted by molar-refractivity contribution is 0.0935. The van der Waals surface area contributed by atoms with Crippen molar-refractivity contribution in [1.82, 2.24) is 4.57 Å². The summed E-state index contributed by atoms with van der Waals surface area (Å²) in [6.45, 7) is 1.81. The van der Waals surface area contributed by atoms with Crippen molar-refractivity contribution in [2.45, 2.75) is 18.2 Å². The Morgan fingerprint density at radius 3 is 2.46 bits per heavy atom. The first-order valence-electron chi connectivity index (χ1n) is 8.60. The van der Waals surface area contributed by atoms with Crippen LogP contribution in [0.3, 0.4) is 0 Å². The molecule has 142 valence electrons. The molecule has 0 aliphatic heterocycles. The van der Waals surface area contributed by atoms with Crippen LogP contribution in [0.4, 0.5) is 0 Å². The minimum Gasteiger partial charge on any atom is -0.459 e. The maximum Gasteiger partial charge on any atom is 0.298 e. The molecule has 0 saturated heterocycles. The molecule has 7 heteroatoms. The van der Waals surface area contributed by atoms with E-state index in [-0.39, 0.29) is 16.6 Å². The summed E-state index contributed by atoms with van der Waals surface area (Å²) >= 11 is 0. The van der Waals surface area contributed by atoms with Gasteiger partial charge in [0.2, 0.25) is 0 Å². The summed E-state index contributed by atoms with van der Waals surface area (Å²) in [6.07, 6.45) is 1.94. The highest BCUT2D eigenvalue weighted by Crippen LogP contribution is 2.31. The van der Waals surface area contributed by atoms with Gasteiger partial charge >= 0.3 is 0 Å². The first-order chi connectivity index (χ1) is 13.4. The van der Waals surface area contributed by atoms with Crippen LogP contribution < -0.4 is 0 Å². The number of furan rings is 1. The Morgan fingerprint density at radius 2 is 1.82 bits per heavy atom. The Bertz CT molecular complexity index is 1270. The van der Waals surface area contributed by atoms with Crippen LogP contribution in [0.15, 0.2) is 76.2 Å². The number of rotatable bonds is 4. The minimum absolute atomic E-state index is 0.185. The Kier molecular flexibility index (Phi) is 4.41. The molecule has 0 unspecified atom stereocenters. The Balaban J connectivity index is 1.97. The first-order valence-corrected chi connectivity index (χ1v) is 10.0. The third kappa shape index (κ3) is 3.15. The van der Waals surface area contributed by atoms with Gasteiger partial charge < -0.3 is 4.42 Å². The van der Waals surface area contributed by atoms with Crippen molar-refractivity contribution in [3.05, 3.63) is 89.5 Å². The van der Waals surface area contributed by atoms with Crippen LogP contribution in [-0.4, -0.2) is 23.4 Å². The maximum absolute atomic E-state index is 13.0. The highest BCUT2D eigenvalue weighted by Gasteiger charge is 2.23. The number of carbonyl (C=O) groups excluding carboxylic acids is 1. The van der Waals surface area contributed by atoms with E-state index < -0.39 is 10.1 Å². The van der Waals surface area contributed by atoms with Crippen LogP contribution in [0.5, 0.6) is 0 Å². The largest absolute Gasteiger partial charge is 0.459 e. The van der Waals surface area contributed by atoms with Gasteiger partial charge in [0, 0.05) is 11.1 Å². The summed E-state index contributed by atoms with van der Waals surface area (Å²) in [7, 11) is -4.36. The number of hydrogen-bond acceptors (Lipinski definition) is 4. The Labute approximate surface area is 161 Å². The normalized spacial score (nSPS) is 11.8. The van der Waals surface area contributed by atoms with Gasteiger partial charge in [-0.3, -0.25) is 13.9 Å². The summed E-state index contributed by atoms with van der Waals surface area (Å²) in [5, 5.41) is 0.594. The molecule has 0 atom stereocenters. The van der Waals surface area contributed by atoms with E-state index in [0.717, 1.165) is 11.1 Å². The molecule has 0 amide bonds. The van der Waals surface area contributed by atoms with Crippen molar-refractivity contribution in [2.75, 3.05) is 0 Å². The van der Waals surface area contributed by atoms with Crippen LogP contribution in [0.2, 0.25) is 0 Å². The standard InChI is InChI=1S/C21H17NO5S/c1-14-17(12-15-6-3-2-4-7-15)18-13-16(28(24,25)26)9-10-19(18)22(14)21(23)20-8-5-11-27-20/h2-11,13H,12H2,1H3,(H,24,25,26). The van der Waals surface area contributed by atoms with Gasteiger partial charge in [0.15, 0.2) is 5.76 Å². The van der Waals surface area contributed by atoms with Crippen molar-refractivity contribution in [2.24, 2.45) is 0 Å². The molecule has 2 heterocycles. The van der Waals surface area contributed by atoms with Crippen molar-refractivity contribution in [3.8, 4) is 0 Å². The third-order valence-electron chi connectivity index (χ3n) is 4.76. The van der Waals surface area contributed by atoms with E-state index in [0.29, 0.717) is 23.0 Å². The summed E-state index contributed by atoms with van der Waals surface area (Å²) in [5.41, 5.74) is 3.07. The number of benzene rings is 2. The second kappa shape index (κ2) is 6.78. The van der Waals surface area contributed by atoms with Crippen molar-refractivity contribution in [3.63, 3.8) is 0 Å². The fourth-order valence-electron chi connectivity index (χ4n) is 3.42. The summed E-state index contributed by atoms with van der Waals surface area (Å²) in [5.74, 6) is -0.156. The minimum atomic E-state index is -4.36. The quantitative estimate of drug-likeness (QED) is 0.526. The predicted molar refractivity (Wildman–Crippen MR) is 104 cm³/mol. The summed E-state index contributed by atoms with van der Waals surface area (Å²) < 4.78 is 39.5. The third-order valence-corrected chi connectivity index (χ3v) is 5.61. The second-order valence-corrected chi connectivity index (χ2v) is 7.92. The molecule has 6 nitrogen and oxygen atoms in total. The topological polar surface area (TPSA) is 89.5 Å². The van der Waals surface area contributed by atoms with Crippen LogP contribution in [-0.2, 0) is 16.5 Å². The van der Waals surface area contributed by atoms with Crippen molar-refractivity contribution in [1.29, 1.82) is 0 Å². The van der Waals surface area contributed by atoms with Crippen LogP contribution in [0.25, 0.3) is 10.9 Å². The van der Waals surface area contributed by atoms with E-state index in [4.69, 9.17) is 4.42 Å². The van der Waals surface area contributed by atoms with E-state index in [1.165, 1.54) is 29.0 Å². The van der Waals surface area contributed by atoms with Gasteiger partial charge in [-0.15, -0.1) is 0 Å². The number of aromatic nitrogens is 1. The number of nitrogens with zero attached hydrogens (tertiary/aromatic N) is 1. The van der Waals surface area contributed by atoms with Gasteiger partial charge in [-0.25, -0.2) is 0 Å². The molecule has 0 saturated carbocycles. The molecule has 0 radical (unpaired) electrons. The lowest BCUT2D eigenvalue weighted by Crippen LogP contribution is -2.13. The molecule has 0 aliphatic carbocycles. The summed E-state index contributed by atoms with van der Waals surface area (Å²) in [4.78, 5) is 12.8. The van der Waals surface area contributed by atoms with E-state index in [2.05, 4.69) is 0 Å². The number of fused-ring (bicyclic) bond motifs is 1. The monoisotopic (exact) mass is 395 g/mol. The molecular weight excluding hydrogens is 378 g/mol. The lowest BCUT2D eigenvalue weighted by Gasteiger charge is -2.06. The zero-order valence-electron chi connectivity index (χ0n) is 15.0.